The number of pyridine rings is 1. The molecule has 0 aliphatic heterocycles. The maximum absolute atomic E-state index is 13.5. The van der Waals surface area contributed by atoms with E-state index in [0.717, 1.165) is 40.3 Å². The second-order valence-electron chi connectivity index (χ2n) is 9.32. The summed E-state index contributed by atoms with van der Waals surface area (Å²) in [7, 11) is 3.56. The van der Waals surface area contributed by atoms with Crippen LogP contribution >= 0.6 is 0 Å². The molecule has 0 unspecified atom stereocenters. The summed E-state index contributed by atoms with van der Waals surface area (Å²) in [6.07, 6.45) is 5.44. The monoisotopic (exact) mass is 560 g/mol. The van der Waals surface area contributed by atoms with Crippen molar-refractivity contribution in [2.45, 2.75) is 20.3 Å². The fraction of sp³-hybridized carbons (Fsp3) is 0.156. The Morgan fingerprint density at radius 3 is 2.48 bits per heavy atom. The van der Waals surface area contributed by atoms with Crippen molar-refractivity contribution in [1.29, 1.82) is 0 Å². The van der Waals surface area contributed by atoms with E-state index in [0.29, 0.717) is 11.2 Å². The minimum atomic E-state index is -0.646. The third kappa shape index (κ3) is 5.90. The van der Waals surface area contributed by atoms with Gasteiger partial charge in [-0.05, 0) is 48.9 Å². The Morgan fingerprint density at radius 1 is 1.12 bits per heavy atom. The molecule has 0 bridgehead atoms. The maximum Gasteiger partial charge on any atom is 0.264 e. The molecule has 0 aliphatic carbocycles. The molecular formula is C32H32N8O2. The van der Waals surface area contributed by atoms with Crippen molar-refractivity contribution in [1.82, 2.24) is 23.9 Å². The van der Waals surface area contributed by atoms with Crippen LogP contribution in [0.2, 0.25) is 0 Å². The van der Waals surface area contributed by atoms with Gasteiger partial charge in [-0.15, -0.1) is 0 Å². The molecule has 5 rings (SSSR count). The third-order valence-electron chi connectivity index (χ3n) is 6.64. The molecule has 42 heavy (non-hydrogen) atoms. The number of allylic oxidation sites excluding steroid dienone is 1. The van der Waals surface area contributed by atoms with Crippen LogP contribution < -0.4 is 17.0 Å². The minimum absolute atomic E-state index is 0.0355. The van der Waals surface area contributed by atoms with Crippen LogP contribution in [-0.4, -0.2) is 36.0 Å². The van der Waals surface area contributed by atoms with Crippen molar-refractivity contribution >= 4 is 34.5 Å². The molecule has 5 aromatic rings. The van der Waals surface area contributed by atoms with Gasteiger partial charge in [0.25, 0.3) is 11.5 Å². The molecule has 212 valence electrons. The number of aliphatic imine (C=N–C) groups is 1. The van der Waals surface area contributed by atoms with E-state index >= 15 is 0 Å². The molecule has 0 spiro atoms. The molecule has 0 fully saturated rings. The van der Waals surface area contributed by atoms with Crippen LogP contribution in [0.4, 0.5) is 11.6 Å². The number of nitrogens with zero attached hydrogens (tertiary/aromatic N) is 6. The second-order valence-corrected chi connectivity index (χ2v) is 9.32. The minimum Gasteiger partial charge on any atom is -0.381 e. The SMILES string of the molecule is C=C/C=N\c1c(C(N)=O)c(N)nn1C.CCc1cc2cccc(C#Cc3cnc(C)n3C)c2c(=O)n1-c1ccccc1. The van der Waals surface area contributed by atoms with Gasteiger partial charge < -0.3 is 16.0 Å². The van der Waals surface area contributed by atoms with Crippen LogP contribution in [-0.2, 0) is 20.5 Å². The summed E-state index contributed by atoms with van der Waals surface area (Å²) in [5.41, 5.74) is 14.1. The zero-order valence-corrected chi connectivity index (χ0v) is 24.0. The van der Waals surface area contributed by atoms with Gasteiger partial charge in [0.05, 0.1) is 11.6 Å². The molecule has 3 heterocycles. The Balaban J connectivity index is 0.000000244. The Labute approximate surface area is 243 Å². The van der Waals surface area contributed by atoms with E-state index in [9.17, 15) is 9.59 Å². The zero-order chi connectivity index (χ0) is 30.4. The number of hydrogen-bond donors (Lipinski definition) is 2. The Hall–Kier alpha value is -5.69. The first-order valence-corrected chi connectivity index (χ1v) is 13.2. The molecule has 0 atom stereocenters. The van der Waals surface area contributed by atoms with Gasteiger partial charge in [-0.25, -0.2) is 14.7 Å². The quantitative estimate of drug-likeness (QED) is 0.247. The molecule has 1 amide bonds. The fourth-order valence-electron chi connectivity index (χ4n) is 4.43. The molecule has 2 aromatic carbocycles. The average molecular weight is 561 g/mol. The van der Waals surface area contributed by atoms with E-state index in [-0.39, 0.29) is 16.9 Å². The van der Waals surface area contributed by atoms with Gasteiger partial charge in [0.2, 0.25) is 0 Å². The Kier molecular flexibility index (Phi) is 8.83. The summed E-state index contributed by atoms with van der Waals surface area (Å²) in [6, 6.07) is 17.7. The normalized spacial score (nSPS) is 10.7. The van der Waals surface area contributed by atoms with Gasteiger partial charge in [-0.1, -0.05) is 55.8 Å². The highest BCUT2D eigenvalue weighted by atomic mass is 16.1. The average Bonchev–Trinajstić information content (AvgIpc) is 3.46. The van der Waals surface area contributed by atoms with Crippen molar-refractivity contribution in [3.63, 3.8) is 0 Å². The lowest BCUT2D eigenvalue weighted by Crippen LogP contribution is -2.22. The van der Waals surface area contributed by atoms with Crippen LogP contribution in [0.1, 0.15) is 40.1 Å². The summed E-state index contributed by atoms with van der Waals surface area (Å²) >= 11 is 0. The van der Waals surface area contributed by atoms with Crippen LogP contribution in [0.15, 0.2) is 83.2 Å². The number of para-hydroxylation sites is 1. The standard InChI is InChI=1S/C24H21N3O.C8H11N5O/c1-4-20-15-19-10-8-9-18(13-14-22-16-25-17(2)26(22)3)23(19)24(28)27(20)21-11-6-5-7-12-21;1-3-4-11-8-5(7(10)14)6(9)12-13(8)2/h5-12,15-16H,4H2,1-3H3;3-4H,1H2,2H3,(H2,9,12)(H2,10,14)/b;11-4-. The molecule has 10 nitrogen and oxygen atoms in total. The predicted octanol–water partition coefficient (Wildman–Crippen LogP) is 3.98. The zero-order valence-electron chi connectivity index (χ0n) is 24.0. The largest absolute Gasteiger partial charge is 0.381 e. The number of amides is 1. The van der Waals surface area contributed by atoms with E-state index in [2.05, 4.69) is 46.5 Å². The molecule has 4 N–H and O–H groups in total. The number of carbonyl (C=O) groups is 1. The van der Waals surface area contributed by atoms with Gasteiger partial charge in [-0.2, -0.15) is 5.10 Å². The van der Waals surface area contributed by atoms with Crippen molar-refractivity contribution in [3.05, 3.63) is 112 Å². The van der Waals surface area contributed by atoms with Crippen LogP contribution in [0.3, 0.4) is 0 Å². The lowest BCUT2D eigenvalue weighted by molar-refractivity contribution is 0.100. The van der Waals surface area contributed by atoms with Crippen LogP contribution in [0.25, 0.3) is 16.5 Å². The van der Waals surface area contributed by atoms with Crippen LogP contribution in [0, 0.1) is 18.8 Å². The molecule has 0 saturated carbocycles. The van der Waals surface area contributed by atoms with Crippen molar-refractivity contribution < 1.29 is 4.79 Å². The molecule has 10 heteroatoms. The van der Waals surface area contributed by atoms with E-state index in [1.807, 2.05) is 67.1 Å². The highest BCUT2D eigenvalue weighted by molar-refractivity contribution is 6.02. The van der Waals surface area contributed by atoms with Gasteiger partial charge in [0, 0.05) is 37.3 Å². The lowest BCUT2D eigenvalue weighted by atomic mass is 10.0. The summed E-state index contributed by atoms with van der Waals surface area (Å²) < 4.78 is 5.12. The number of primary amides is 1. The number of aromatic nitrogens is 5. The first-order chi connectivity index (χ1) is 20.2. The summed E-state index contributed by atoms with van der Waals surface area (Å²) in [6.45, 7) is 7.46. The molecule has 3 aromatic heterocycles. The van der Waals surface area contributed by atoms with Crippen LogP contribution in [0.5, 0.6) is 0 Å². The number of rotatable bonds is 5. The number of nitrogen functional groups attached to an aromatic ring is 1. The van der Waals surface area contributed by atoms with E-state index < -0.39 is 5.91 Å². The maximum atomic E-state index is 13.5. The third-order valence-corrected chi connectivity index (χ3v) is 6.64. The smallest absolute Gasteiger partial charge is 0.264 e. The van der Waals surface area contributed by atoms with Gasteiger partial charge >= 0.3 is 0 Å². The number of aryl methyl sites for hydroxylation is 3. The second kappa shape index (κ2) is 12.7. The summed E-state index contributed by atoms with van der Waals surface area (Å²) in [5, 5.41) is 5.40. The van der Waals surface area contributed by atoms with E-state index in [4.69, 9.17) is 11.5 Å². The summed E-state index contributed by atoms with van der Waals surface area (Å²) in [5.74, 6) is 7.02. The number of carbonyl (C=O) groups excluding carboxylic acids is 1. The first-order valence-electron chi connectivity index (χ1n) is 13.2. The van der Waals surface area contributed by atoms with Crippen molar-refractivity contribution in [2.75, 3.05) is 5.73 Å². The molecule has 0 radical (unpaired) electrons. The Morgan fingerprint density at radius 2 is 1.86 bits per heavy atom. The number of imidazole rings is 1. The predicted molar refractivity (Wildman–Crippen MR) is 167 cm³/mol. The first kappa shape index (κ1) is 29.3. The molecule has 0 saturated heterocycles. The number of anilines is 1. The van der Waals surface area contributed by atoms with Gasteiger partial charge in [0.15, 0.2) is 11.6 Å². The van der Waals surface area contributed by atoms with Crippen molar-refractivity contribution in [2.24, 2.45) is 24.8 Å². The number of hydrogen-bond acceptors (Lipinski definition) is 6. The number of benzene rings is 2. The summed E-state index contributed by atoms with van der Waals surface area (Å²) in [4.78, 5) is 32.7. The number of fused-ring (bicyclic) bond motifs is 1. The van der Waals surface area contributed by atoms with Gasteiger partial charge in [-0.3, -0.25) is 14.2 Å². The van der Waals surface area contributed by atoms with Crippen molar-refractivity contribution in [3.8, 4) is 17.5 Å². The highest BCUT2D eigenvalue weighted by Crippen LogP contribution is 2.23. The van der Waals surface area contributed by atoms with E-state index in [1.54, 1.807) is 17.8 Å². The molecule has 0 aliphatic rings. The Bertz CT molecular complexity index is 1930. The fourth-order valence-corrected chi connectivity index (χ4v) is 4.43. The topological polar surface area (TPSA) is 139 Å². The lowest BCUT2D eigenvalue weighted by Gasteiger charge is -2.14. The highest BCUT2D eigenvalue weighted by Gasteiger charge is 2.17. The van der Waals surface area contributed by atoms with Gasteiger partial charge in [0.1, 0.15) is 17.1 Å². The van der Waals surface area contributed by atoms with E-state index in [1.165, 1.54) is 17.0 Å². The number of nitrogens with two attached hydrogens (primary N) is 2. The molecular weight excluding hydrogens is 528 g/mol.